The van der Waals surface area contributed by atoms with Gasteiger partial charge in [0.2, 0.25) is 0 Å². The van der Waals surface area contributed by atoms with Crippen LogP contribution in [0.3, 0.4) is 0 Å². The molecule has 0 aromatic rings. The second kappa shape index (κ2) is 3.99. The molecule has 2 saturated carbocycles. The summed E-state index contributed by atoms with van der Waals surface area (Å²) in [6, 6.07) is 0. The monoisotopic (exact) mass is 222 g/mol. The van der Waals surface area contributed by atoms with Crippen molar-refractivity contribution in [1.82, 2.24) is 10.2 Å². The molecule has 16 heavy (non-hydrogen) atoms. The molecule has 1 heterocycles. The maximum atomic E-state index is 3.80. The normalized spacial score (nSPS) is 32.8. The Morgan fingerprint density at radius 2 is 1.81 bits per heavy atom. The second-order valence-electron chi connectivity index (χ2n) is 6.79. The first-order valence-corrected chi connectivity index (χ1v) is 7.17. The first kappa shape index (κ1) is 11.0. The Kier molecular flexibility index (Phi) is 2.75. The number of hydrogen-bond acceptors (Lipinski definition) is 2. The third kappa shape index (κ3) is 2.02. The van der Waals surface area contributed by atoms with Crippen LogP contribution in [0, 0.1) is 5.41 Å². The number of nitrogens with one attached hydrogen (secondary N) is 1. The molecule has 1 spiro atoms. The summed E-state index contributed by atoms with van der Waals surface area (Å²) in [5.41, 5.74) is 1.18. The lowest BCUT2D eigenvalue weighted by molar-refractivity contribution is 0.0473. The highest BCUT2D eigenvalue weighted by Crippen LogP contribution is 2.42. The van der Waals surface area contributed by atoms with Crippen molar-refractivity contribution in [3.8, 4) is 0 Å². The Labute approximate surface area is 99.8 Å². The smallest absolute Gasteiger partial charge is 0.0309 e. The van der Waals surface area contributed by atoms with Gasteiger partial charge in [0.1, 0.15) is 0 Å². The maximum Gasteiger partial charge on any atom is 0.0309 e. The summed E-state index contributed by atoms with van der Waals surface area (Å²) < 4.78 is 0. The Bertz CT molecular complexity index is 251. The Hall–Kier alpha value is -0.0800. The molecule has 0 aromatic carbocycles. The largest absolute Gasteiger partial charge is 0.309 e. The zero-order valence-corrected chi connectivity index (χ0v) is 10.7. The van der Waals surface area contributed by atoms with E-state index in [4.69, 9.17) is 0 Å². The van der Waals surface area contributed by atoms with Gasteiger partial charge < -0.3 is 5.32 Å². The zero-order valence-electron chi connectivity index (χ0n) is 10.7. The van der Waals surface area contributed by atoms with E-state index in [0.717, 1.165) is 0 Å². The Morgan fingerprint density at radius 3 is 2.44 bits per heavy atom. The predicted molar refractivity (Wildman–Crippen MR) is 67.6 cm³/mol. The maximum absolute atomic E-state index is 3.80. The Balaban J connectivity index is 1.59. The fourth-order valence-electron chi connectivity index (χ4n) is 4.04. The van der Waals surface area contributed by atoms with Crippen LogP contribution >= 0.6 is 0 Å². The van der Waals surface area contributed by atoms with Gasteiger partial charge in [-0.15, -0.1) is 0 Å². The Morgan fingerprint density at radius 1 is 1.06 bits per heavy atom. The van der Waals surface area contributed by atoms with Crippen LogP contribution in [0.15, 0.2) is 0 Å². The van der Waals surface area contributed by atoms with Crippen molar-refractivity contribution in [3.05, 3.63) is 0 Å². The summed E-state index contributed by atoms with van der Waals surface area (Å²) in [4.78, 5) is 2.75. The first-order valence-electron chi connectivity index (χ1n) is 7.17. The summed E-state index contributed by atoms with van der Waals surface area (Å²) in [6.07, 6.45) is 10.1. The molecule has 0 unspecified atom stereocenters. The summed E-state index contributed by atoms with van der Waals surface area (Å²) in [5, 5.41) is 3.80. The lowest BCUT2D eigenvalue weighted by Crippen LogP contribution is -2.60. The van der Waals surface area contributed by atoms with Gasteiger partial charge in [-0.05, 0) is 31.1 Å². The van der Waals surface area contributed by atoms with Gasteiger partial charge in [0.15, 0.2) is 0 Å². The molecule has 3 aliphatic rings. The average Bonchev–Trinajstić information content (AvgIpc) is 2.64. The zero-order chi connectivity index (χ0) is 11.1. The standard InChI is InChI=1S/C14H26N2/c1-13(5-4-6-13)11-16-10-9-15-14(12-16)7-2-3-8-14/h15H,2-12H2,1H3. The molecule has 2 aliphatic carbocycles. The molecule has 92 valence electrons. The average molecular weight is 222 g/mol. The van der Waals surface area contributed by atoms with E-state index in [1.807, 2.05) is 0 Å². The van der Waals surface area contributed by atoms with Crippen LogP contribution in [0.25, 0.3) is 0 Å². The number of nitrogens with zero attached hydrogens (tertiary/aromatic N) is 1. The molecule has 1 saturated heterocycles. The van der Waals surface area contributed by atoms with Crippen molar-refractivity contribution < 1.29 is 0 Å². The highest BCUT2D eigenvalue weighted by Gasteiger charge is 2.40. The van der Waals surface area contributed by atoms with E-state index in [0.29, 0.717) is 11.0 Å². The number of hydrogen-bond donors (Lipinski definition) is 1. The van der Waals surface area contributed by atoms with Crippen molar-refractivity contribution in [3.63, 3.8) is 0 Å². The van der Waals surface area contributed by atoms with Crippen molar-refractivity contribution in [2.24, 2.45) is 5.41 Å². The molecule has 1 N–H and O–H groups in total. The molecule has 2 nitrogen and oxygen atoms in total. The third-order valence-corrected chi connectivity index (χ3v) is 5.18. The first-order chi connectivity index (χ1) is 7.70. The van der Waals surface area contributed by atoms with E-state index >= 15 is 0 Å². The van der Waals surface area contributed by atoms with E-state index in [2.05, 4.69) is 17.1 Å². The minimum Gasteiger partial charge on any atom is -0.309 e. The summed E-state index contributed by atoms with van der Waals surface area (Å²) in [5.74, 6) is 0. The van der Waals surface area contributed by atoms with Gasteiger partial charge in [-0.25, -0.2) is 0 Å². The fraction of sp³-hybridized carbons (Fsp3) is 1.00. The molecule has 1 aliphatic heterocycles. The van der Waals surface area contributed by atoms with Gasteiger partial charge >= 0.3 is 0 Å². The minimum atomic E-state index is 0.512. The van der Waals surface area contributed by atoms with E-state index in [-0.39, 0.29) is 0 Å². The van der Waals surface area contributed by atoms with Crippen LogP contribution in [0.2, 0.25) is 0 Å². The fourth-order valence-corrected chi connectivity index (χ4v) is 4.04. The highest BCUT2D eigenvalue weighted by atomic mass is 15.2. The molecule has 0 radical (unpaired) electrons. The molecule has 3 fully saturated rings. The van der Waals surface area contributed by atoms with Crippen LogP contribution in [-0.2, 0) is 0 Å². The van der Waals surface area contributed by atoms with Gasteiger partial charge in [0, 0.05) is 31.7 Å². The molecule has 0 atom stereocenters. The lowest BCUT2D eigenvalue weighted by atomic mass is 9.70. The van der Waals surface area contributed by atoms with Crippen LogP contribution in [0.5, 0.6) is 0 Å². The SMILES string of the molecule is CC1(CN2CCNC3(CCCC3)C2)CCC1. The minimum absolute atomic E-state index is 0.512. The summed E-state index contributed by atoms with van der Waals surface area (Å²) in [7, 11) is 0. The quantitative estimate of drug-likeness (QED) is 0.772. The van der Waals surface area contributed by atoms with Crippen LogP contribution < -0.4 is 5.32 Å². The van der Waals surface area contributed by atoms with Crippen LogP contribution in [0.4, 0.5) is 0 Å². The predicted octanol–water partition coefficient (Wildman–Crippen LogP) is 2.39. The van der Waals surface area contributed by atoms with Crippen LogP contribution in [-0.4, -0.2) is 36.6 Å². The topological polar surface area (TPSA) is 15.3 Å². The van der Waals surface area contributed by atoms with Crippen molar-refractivity contribution in [2.75, 3.05) is 26.2 Å². The van der Waals surface area contributed by atoms with Gasteiger partial charge in [-0.1, -0.05) is 26.2 Å². The van der Waals surface area contributed by atoms with E-state index in [1.165, 1.54) is 71.1 Å². The van der Waals surface area contributed by atoms with Gasteiger partial charge in [-0.3, -0.25) is 4.90 Å². The molecule has 0 amide bonds. The lowest BCUT2D eigenvalue weighted by Gasteiger charge is -2.47. The van der Waals surface area contributed by atoms with Gasteiger partial charge in [0.25, 0.3) is 0 Å². The van der Waals surface area contributed by atoms with Crippen molar-refractivity contribution >= 4 is 0 Å². The molecular weight excluding hydrogens is 196 g/mol. The molecule has 0 bridgehead atoms. The third-order valence-electron chi connectivity index (χ3n) is 5.18. The number of piperazine rings is 1. The van der Waals surface area contributed by atoms with E-state index in [9.17, 15) is 0 Å². The number of rotatable bonds is 2. The highest BCUT2D eigenvalue weighted by molar-refractivity contribution is 4.99. The molecule has 2 heteroatoms. The van der Waals surface area contributed by atoms with Gasteiger partial charge in [-0.2, -0.15) is 0 Å². The van der Waals surface area contributed by atoms with Crippen molar-refractivity contribution in [1.29, 1.82) is 0 Å². The van der Waals surface area contributed by atoms with Crippen molar-refractivity contribution in [2.45, 2.75) is 57.4 Å². The second-order valence-corrected chi connectivity index (χ2v) is 6.79. The summed E-state index contributed by atoms with van der Waals surface area (Å²) in [6.45, 7) is 7.66. The molecule has 0 aromatic heterocycles. The molecular formula is C14H26N2. The molecule has 3 rings (SSSR count). The summed E-state index contributed by atoms with van der Waals surface area (Å²) >= 11 is 0. The van der Waals surface area contributed by atoms with E-state index < -0.39 is 0 Å². The van der Waals surface area contributed by atoms with Crippen LogP contribution in [0.1, 0.15) is 51.9 Å². The van der Waals surface area contributed by atoms with E-state index in [1.54, 1.807) is 0 Å². The van der Waals surface area contributed by atoms with Gasteiger partial charge in [0.05, 0.1) is 0 Å².